The fourth-order valence-corrected chi connectivity index (χ4v) is 5.91. The van der Waals surface area contributed by atoms with Crippen LogP contribution in [0, 0.1) is 6.92 Å². The molecular formula is C28H41N9. The molecule has 0 atom stereocenters. The summed E-state index contributed by atoms with van der Waals surface area (Å²) >= 11 is 0. The average Bonchev–Trinajstić information content (AvgIpc) is 2.92. The maximum atomic E-state index is 6.27. The van der Waals surface area contributed by atoms with Crippen molar-refractivity contribution in [3.8, 4) is 0 Å². The fraction of sp³-hybridized carbons (Fsp3) is 0.571. The average molecular weight is 504 g/mol. The lowest BCUT2D eigenvalue weighted by atomic mass is 9.78. The van der Waals surface area contributed by atoms with Gasteiger partial charge in [-0.05, 0) is 45.7 Å². The molecule has 1 aliphatic carbocycles. The molecule has 2 N–H and O–H groups in total. The molecule has 5 rings (SSSR count). The van der Waals surface area contributed by atoms with Gasteiger partial charge in [0.15, 0.2) is 0 Å². The van der Waals surface area contributed by atoms with Gasteiger partial charge in [0, 0.05) is 51.0 Å². The minimum absolute atomic E-state index is 0.118. The Balaban J connectivity index is 1.38. The number of nitrogens with zero attached hydrogens (tertiary/aromatic N) is 8. The van der Waals surface area contributed by atoms with Crippen LogP contribution in [-0.2, 0) is 0 Å². The van der Waals surface area contributed by atoms with Gasteiger partial charge in [0.2, 0.25) is 5.95 Å². The Morgan fingerprint density at radius 1 is 1.03 bits per heavy atom. The fourth-order valence-electron chi connectivity index (χ4n) is 5.91. The summed E-state index contributed by atoms with van der Waals surface area (Å²) < 4.78 is 0. The Morgan fingerprint density at radius 2 is 1.76 bits per heavy atom. The zero-order valence-electron chi connectivity index (χ0n) is 22.8. The molecule has 0 aromatic carbocycles. The molecular weight excluding hydrogens is 462 g/mol. The molecule has 1 saturated carbocycles. The van der Waals surface area contributed by atoms with E-state index in [0.717, 1.165) is 67.6 Å². The van der Waals surface area contributed by atoms with Crippen LogP contribution in [0.2, 0.25) is 0 Å². The van der Waals surface area contributed by atoms with Crippen LogP contribution in [0.25, 0.3) is 0 Å². The number of piperazine rings is 1. The Morgan fingerprint density at radius 3 is 2.41 bits per heavy atom. The smallest absolute Gasteiger partial charge is 0.232 e. The molecule has 0 amide bonds. The Labute approximate surface area is 221 Å². The molecule has 1 saturated heterocycles. The molecule has 37 heavy (non-hydrogen) atoms. The van der Waals surface area contributed by atoms with Crippen molar-refractivity contribution in [1.29, 1.82) is 0 Å². The number of amidine groups is 1. The van der Waals surface area contributed by atoms with Crippen molar-refractivity contribution in [3.05, 3.63) is 42.4 Å². The highest BCUT2D eigenvalue weighted by atomic mass is 15.4. The minimum Gasteiger partial charge on any atom is -0.382 e. The van der Waals surface area contributed by atoms with Crippen molar-refractivity contribution < 1.29 is 0 Å². The van der Waals surface area contributed by atoms with Gasteiger partial charge < -0.3 is 15.5 Å². The number of anilines is 4. The number of aryl methyl sites for hydroxylation is 1. The summed E-state index contributed by atoms with van der Waals surface area (Å²) in [6, 6.07) is 4.80. The van der Waals surface area contributed by atoms with Gasteiger partial charge in [0.25, 0.3) is 0 Å². The highest BCUT2D eigenvalue weighted by Gasteiger charge is 2.44. The second-order valence-electron chi connectivity index (χ2n) is 11.0. The molecule has 4 heterocycles. The van der Waals surface area contributed by atoms with Crippen molar-refractivity contribution in [2.24, 2.45) is 10.7 Å². The van der Waals surface area contributed by atoms with E-state index in [2.05, 4.69) is 64.2 Å². The van der Waals surface area contributed by atoms with Crippen LogP contribution >= 0.6 is 0 Å². The molecule has 2 aliphatic heterocycles. The molecule has 3 aliphatic rings. The normalized spacial score (nSPS) is 20.5. The van der Waals surface area contributed by atoms with Gasteiger partial charge in [-0.1, -0.05) is 25.8 Å². The molecule has 198 valence electrons. The number of pyridine rings is 1. The minimum atomic E-state index is -0.118. The molecule has 9 nitrogen and oxygen atoms in total. The third-order valence-corrected chi connectivity index (χ3v) is 8.30. The van der Waals surface area contributed by atoms with Crippen LogP contribution in [-0.4, -0.2) is 77.0 Å². The largest absolute Gasteiger partial charge is 0.382 e. The summed E-state index contributed by atoms with van der Waals surface area (Å²) in [5.41, 5.74) is 9.05. The van der Waals surface area contributed by atoms with Crippen molar-refractivity contribution in [1.82, 2.24) is 19.9 Å². The predicted octanol–water partition coefficient (Wildman–Crippen LogP) is 3.87. The zero-order valence-corrected chi connectivity index (χ0v) is 22.8. The molecule has 0 unspecified atom stereocenters. The van der Waals surface area contributed by atoms with E-state index < -0.39 is 0 Å². The lowest BCUT2D eigenvalue weighted by molar-refractivity contribution is 0.209. The van der Waals surface area contributed by atoms with Gasteiger partial charge in [-0.25, -0.2) is 9.97 Å². The standard InChI is InChI=1S/C28H41N9/c1-20(2)35-13-15-36(16-14-35)23-9-10-24(30-18-23)34(5)27-31-17-21(3)26(33-27)37-22(4)25(29)32-19-28(37)11-7-6-8-12-28/h9-10,17-18,20H,4,6-8,11-16,19H2,1-3,5H3,(H2,29,32). The number of aliphatic imine (C=N–C) groups is 1. The van der Waals surface area contributed by atoms with E-state index in [0.29, 0.717) is 24.4 Å². The topological polar surface area (TPSA) is 90.0 Å². The molecule has 2 aromatic heterocycles. The van der Waals surface area contributed by atoms with Gasteiger partial charge in [0.1, 0.15) is 17.5 Å². The van der Waals surface area contributed by atoms with Crippen molar-refractivity contribution in [3.63, 3.8) is 0 Å². The molecule has 2 fully saturated rings. The summed E-state index contributed by atoms with van der Waals surface area (Å²) in [5, 5.41) is 0. The molecule has 2 aromatic rings. The lowest BCUT2D eigenvalue weighted by Gasteiger charge is -2.49. The number of rotatable bonds is 5. The van der Waals surface area contributed by atoms with Crippen LogP contribution in [0.1, 0.15) is 51.5 Å². The first kappa shape index (κ1) is 25.4. The van der Waals surface area contributed by atoms with E-state index in [1.54, 1.807) is 0 Å². The summed E-state index contributed by atoms with van der Waals surface area (Å²) in [5.74, 6) is 2.77. The second kappa shape index (κ2) is 10.3. The quantitative estimate of drug-likeness (QED) is 0.658. The van der Waals surface area contributed by atoms with Crippen LogP contribution < -0.4 is 20.4 Å². The first-order valence-corrected chi connectivity index (χ1v) is 13.6. The Hall–Kier alpha value is -3.20. The van der Waals surface area contributed by atoms with Gasteiger partial charge in [-0.2, -0.15) is 4.98 Å². The van der Waals surface area contributed by atoms with E-state index in [9.17, 15) is 0 Å². The van der Waals surface area contributed by atoms with Gasteiger partial charge >= 0.3 is 0 Å². The van der Waals surface area contributed by atoms with E-state index in [-0.39, 0.29) is 5.54 Å². The summed E-state index contributed by atoms with van der Waals surface area (Å²) in [4.78, 5) is 28.3. The van der Waals surface area contributed by atoms with Crippen LogP contribution in [0.3, 0.4) is 0 Å². The highest BCUT2D eigenvalue weighted by molar-refractivity contribution is 6.01. The van der Waals surface area contributed by atoms with Crippen molar-refractivity contribution in [2.45, 2.75) is 64.5 Å². The first-order chi connectivity index (χ1) is 17.8. The maximum Gasteiger partial charge on any atom is 0.232 e. The molecule has 0 radical (unpaired) electrons. The summed E-state index contributed by atoms with van der Waals surface area (Å²) in [7, 11) is 1.97. The second-order valence-corrected chi connectivity index (χ2v) is 11.0. The Bertz CT molecular complexity index is 1140. The van der Waals surface area contributed by atoms with Crippen molar-refractivity contribution in [2.75, 3.05) is 54.5 Å². The van der Waals surface area contributed by atoms with Crippen LogP contribution in [0.15, 0.2) is 41.8 Å². The Kier molecular flexibility index (Phi) is 7.07. The number of aromatic nitrogens is 3. The molecule has 9 heteroatoms. The lowest BCUT2D eigenvalue weighted by Crippen LogP contribution is -2.57. The monoisotopic (exact) mass is 503 g/mol. The van der Waals surface area contributed by atoms with Crippen molar-refractivity contribution >= 4 is 29.1 Å². The van der Waals surface area contributed by atoms with E-state index in [1.807, 2.05) is 24.3 Å². The number of nitrogens with two attached hydrogens (primary N) is 1. The van der Waals surface area contributed by atoms with Crippen LogP contribution in [0.5, 0.6) is 0 Å². The van der Waals surface area contributed by atoms with E-state index in [4.69, 9.17) is 15.7 Å². The predicted molar refractivity (Wildman–Crippen MR) is 152 cm³/mol. The zero-order chi connectivity index (χ0) is 26.2. The molecule has 1 spiro atoms. The van der Waals surface area contributed by atoms with E-state index in [1.165, 1.54) is 19.3 Å². The highest BCUT2D eigenvalue weighted by Crippen LogP contribution is 2.42. The number of hydrogen-bond acceptors (Lipinski definition) is 9. The molecule has 0 bridgehead atoms. The third kappa shape index (κ3) is 4.89. The summed E-state index contributed by atoms with van der Waals surface area (Å²) in [6.07, 6.45) is 9.59. The van der Waals surface area contributed by atoms with Gasteiger partial charge in [-0.3, -0.25) is 14.8 Å². The SMILES string of the molecule is C=C1C(N)=NCC2(CCCCC2)N1c1nc(N(C)c2ccc(N3CCN(C(C)C)CC3)cn2)ncc1C. The van der Waals surface area contributed by atoms with Gasteiger partial charge in [0.05, 0.1) is 29.7 Å². The number of hydrogen-bond donors (Lipinski definition) is 1. The van der Waals surface area contributed by atoms with E-state index >= 15 is 0 Å². The summed E-state index contributed by atoms with van der Waals surface area (Å²) in [6.45, 7) is 15.8. The maximum absolute atomic E-state index is 6.27. The third-order valence-electron chi connectivity index (χ3n) is 8.30. The first-order valence-electron chi connectivity index (χ1n) is 13.6. The van der Waals surface area contributed by atoms with Crippen LogP contribution in [0.4, 0.5) is 23.3 Å². The van der Waals surface area contributed by atoms with Gasteiger partial charge in [-0.15, -0.1) is 0 Å².